The Kier molecular flexibility index (Phi) is 6.29. The summed E-state index contributed by atoms with van der Waals surface area (Å²) < 4.78 is 99.1. The number of benzene rings is 2. The Hall–Kier alpha value is -3.35. The average Bonchev–Trinajstić information content (AvgIpc) is 2.69. The molecule has 2 aromatic carbocycles. The van der Waals surface area contributed by atoms with Crippen LogP contribution in [0.2, 0.25) is 0 Å². The molecule has 1 aliphatic carbocycles. The predicted octanol–water partition coefficient (Wildman–Crippen LogP) is 0.929. The number of nitrogen functional groups attached to an aromatic ring is 2. The van der Waals surface area contributed by atoms with E-state index in [2.05, 4.69) is 22.2 Å². The number of nitrogens with two attached hydrogens (primary N) is 2. The zero-order valence-electron chi connectivity index (χ0n) is 16.9. The van der Waals surface area contributed by atoms with Crippen LogP contribution in [0.5, 0.6) is 0 Å². The third-order valence-corrected chi connectivity index (χ3v) is 7.36. The maximum Gasteiger partial charge on any atom is 0.296 e. The highest BCUT2D eigenvalue weighted by atomic mass is 32.2. The SMILES string of the molecule is C=Nc1c(S(=O)(=O)O)cc2c(c1N)C/C(=N/Nc1cc(N)ccc1S(=O)(=O)O)C(S(=O)(=O)O)=C2. The number of hydrogen-bond acceptors (Lipinski definition) is 11. The van der Waals surface area contributed by atoms with Gasteiger partial charge in [0.15, 0.2) is 0 Å². The van der Waals surface area contributed by atoms with Gasteiger partial charge in [-0.15, -0.1) is 0 Å². The summed E-state index contributed by atoms with van der Waals surface area (Å²) in [6.07, 6.45) is 0.452. The minimum Gasteiger partial charge on any atom is -0.399 e. The summed E-state index contributed by atoms with van der Waals surface area (Å²) in [6.45, 7) is 3.21. The van der Waals surface area contributed by atoms with E-state index in [1.165, 1.54) is 6.07 Å². The summed E-state index contributed by atoms with van der Waals surface area (Å²) in [5.41, 5.74) is 12.7. The number of nitrogens with zero attached hydrogens (tertiary/aromatic N) is 2. The van der Waals surface area contributed by atoms with Crippen molar-refractivity contribution in [2.45, 2.75) is 16.2 Å². The fourth-order valence-corrected chi connectivity index (χ4v) is 5.21. The molecule has 0 bridgehead atoms. The van der Waals surface area contributed by atoms with Gasteiger partial charge in [0.25, 0.3) is 30.4 Å². The van der Waals surface area contributed by atoms with E-state index in [1.807, 2.05) is 0 Å². The Morgan fingerprint density at radius 1 is 0.912 bits per heavy atom. The molecular weight excluding hydrogens is 514 g/mol. The quantitative estimate of drug-likeness (QED) is 0.132. The van der Waals surface area contributed by atoms with Crippen LogP contribution in [0.4, 0.5) is 22.7 Å². The van der Waals surface area contributed by atoms with Crippen LogP contribution in [0.3, 0.4) is 0 Å². The van der Waals surface area contributed by atoms with Crippen molar-refractivity contribution in [2.24, 2.45) is 10.1 Å². The molecule has 1 aliphatic rings. The van der Waals surface area contributed by atoms with Crippen LogP contribution in [-0.2, 0) is 36.8 Å². The maximum atomic E-state index is 12.0. The molecule has 0 saturated carbocycles. The van der Waals surface area contributed by atoms with E-state index < -0.39 is 51.5 Å². The second-order valence-electron chi connectivity index (χ2n) is 6.90. The maximum absolute atomic E-state index is 12.0. The molecule has 0 amide bonds. The molecule has 0 saturated heterocycles. The number of allylic oxidation sites excluding steroid dienone is 1. The standard InChI is InChI=1S/C17H17N5O9S3/c1-20-17-15(34(29,30)31)5-8-4-14(33(26,27)28)12(7-10(8)16(17)19)22-21-11-6-9(18)2-3-13(11)32(23,24)25/h2-6,21H,1,7,18-19H2,(H,23,24,25)(H,26,27,28)(H,29,30,31)/b22-12-. The Bertz CT molecular complexity index is 1610. The molecule has 0 heterocycles. The smallest absolute Gasteiger partial charge is 0.296 e. The van der Waals surface area contributed by atoms with E-state index in [0.29, 0.717) is 0 Å². The lowest BCUT2D eigenvalue weighted by atomic mass is 9.93. The van der Waals surface area contributed by atoms with Gasteiger partial charge in [-0.2, -0.15) is 30.4 Å². The molecule has 8 N–H and O–H groups in total. The molecule has 14 nitrogen and oxygen atoms in total. The largest absolute Gasteiger partial charge is 0.399 e. The molecule has 2 aromatic rings. The van der Waals surface area contributed by atoms with Crippen molar-refractivity contribution in [3.05, 3.63) is 40.3 Å². The minimum absolute atomic E-state index is 0.0771. The third kappa shape index (κ3) is 4.93. The van der Waals surface area contributed by atoms with Gasteiger partial charge in [0.2, 0.25) is 0 Å². The van der Waals surface area contributed by atoms with E-state index in [-0.39, 0.29) is 39.6 Å². The van der Waals surface area contributed by atoms with Gasteiger partial charge in [0.05, 0.1) is 17.1 Å². The zero-order valence-corrected chi connectivity index (χ0v) is 19.3. The van der Waals surface area contributed by atoms with Gasteiger partial charge in [-0.05, 0) is 48.2 Å². The first kappa shape index (κ1) is 25.3. The molecule has 0 aliphatic heterocycles. The Morgan fingerprint density at radius 2 is 1.53 bits per heavy atom. The number of nitrogens with one attached hydrogen (secondary N) is 1. The van der Waals surface area contributed by atoms with Crippen LogP contribution >= 0.6 is 0 Å². The molecule has 0 atom stereocenters. The minimum atomic E-state index is -4.94. The lowest BCUT2D eigenvalue weighted by molar-refractivity contribution is 0.481. The Labute approximate surface area is 193 Å². The fraction of sp³-hybridized carbons (Fsp3) is 0.0588. The van der Waals surface area contributed by atoms with Crippen molar-refractivity contribution in [2.75, 3.05) is 16.9 Å². The molecule has 0 unspecified atom stereocenters. The predicted molar refractivity (Wildman–Crippen MR) is 125 cm³/mol. The van der Waals surface area contributed by atoms with Gasteiger partial charge < -0.3 is 11.5 Å². The molecule has 0 fully saturated rings. The van der Waals surface area contributed by atoms with E-state index >= 15 is 0 Å². The molecule has 3 rings (SSSR count). The van der Waals surface area contributed by atoms with Crippen LogP contribution in [0.25, 0.3) is 6.08 Å². The van der Waals surface area contributed by atoms with Gasteiger partial charge in [0.1, 0.15) is 20.4 Å². The lowest BCUT2D eigenvalue weighted by Crippen LogP contribution is -2.22. The normalized spacial score (nSPS) is 15.5. The monoisotopic (exact) mass is 531 g/mol. The van der Waals surface area contributed by atoms with Crippen LogP contribution in [0.15, 0.2) is 49.1 Å². The number of rotatable bonds is 6. The van der Waals surface area contributed by atoms with Crippen LogP contribution in [0, 0.1) is 0 Å². The van der Waals surface area contributed by atoms with E-state index in [1.54, 1.807) is 0 Å². The van der Waals surface area contributed by atoms with E-state index in [9.17, 15) is 38.9 Å². The highest BCUT2D eigenvalue weighted by molar-refractivity contribution is 7.91. The lowest BCUT2D eigenvalue weighted by Gasteiger charge is -2.21. The summed E-state index contributed by atoms with van der Waals surface area (Å²) in [5, 5.41) is 3.84. The molecule has 0 radical (unpaired) electrons. The topological polar surface area (TPSA) is 252 Å². The first-order valence-electron chi connectivity index (χ1n) is 8.82. The summed E-state index contributed by atoms with van der Waals surface area (Å²) in [4.78, 5) is 1.39. The highest BCUT2D eigenvalue weighted by Gasteiger charge is 2.31. The molecule has 17 heteroatoms. The Balaban J connectivity index is 2.23. The molecule has 182 valence electrons. The first-order valence-corrected chi connectivity index (χ1v) is 13.1. The number of aliphatic imine (C=N–C) groups is 1. The number of anilines is 3. The molecule has 0 spiro atoms. The summed E-state index contributed by atoms with van der Waals surface area (Å²) in [5.74, 6) is 0. The number of fused-ring (bicyclic) bond motifs is 1. The van der Waals surface area contributed by atoms with E-state index in [0.717, 1.165) is 24.3 Å². The van der Waals surface area contributed by atoms with Crippen LogP contribution in [0.1, 0.15) is 11.1 Å². The van der Waals surface area contributed by atoms with Crippen molar-refractivity contribution in [1.29, 1.82) is 0 Å². The van der Waals surface area contributed by atoms with Crippen molar-refractivity contribution in [3.63, 3.8) is 0 Å². The first-order chi connectivity index (χ1) is 15.5. The Morgan fingerprint density at radius 3 is 2.06 bits per heavy atom. The van der Waals surface area contributed by atoms with Gasteiger partial charge in [-0.1, -0.05) is 0 Å². The van der Waals surface area contributed by atoms with Gasteiger partial charge in [-0.25, -0.2) is 0 Å². The van der Waals surface area contributed by atoms with Gasteiger partial charge >= 0.3 is 0 Å². The van der Waals surface area contributed by atoms with Crippen LogP contribution < -0.4 is 16.9 Å². The zero-order chi connectivity index (χ0) is 25.6. The third-order valence-electron chi connectivity index (χ3n) is 4.67. The van der Waals surface area contributed by atoms with Gasteiger partial charge in [0, 0.05) is 12.1 Å². The molecular formula is C17H17N5O9S3. The van der Waals surface area contributed by atoms with Crippen molar-refractivity contribution < 1.29 is 38.9 Å². The summed E-state index contributed by atoms with van der Waals surface area (Å²) >= 11 is 0. The van der Waals surface area contributed by atoms with Crippen LogP contribution in [-0.4, -0.2) is 51.3 Å². The summed E-state index contributed by atoms with van der Waals surface area (Å²) in [7, 11) is -14.5. The second-order valence-corrected chi connectivity index (χ2v) is 11.1. The van der Waals surface area contributed by atoms with Crippen molar-refractivity contribution in [1.82, 2.24) is 0 Å². The average molecular weight is 532 g/mol. The fourth-order valence-electron chi connectivity index (χ4n) is 3.20. The van der Waals surface area contributed by atoms with Crippen molar-refractivity contribution in [3.8, 4) is 0 Å². The summed E-state index contributed by atoms with van der Waals surface area (Å²) in [6, 6.07) is 4.18. The second kappa shape index (κ2) is 8.46. The molecule has 34 heavy (non-hydrogen) atoms. The van der Waals surface area contributed by atoms with Gasteiger partial charge in [-0.3, -0.25) is 24.1 Å². The van der Waals surface area contributed by atoms with Crippen molar-refractivity contribution >= 4 is 71.6 Å². The number of hydrazone groups is 1. The van der Waals surface area contributed by atoms with E-state index in [4.69, 9.17) is 11.5 Å². The number of hydrogen-bond donors (Lipinski definition) is 6. The highest BCUT2D eigenvalue weighted by Crippen LogP contribution is 2.39. The molecule has 0 aromatic heterocycles.